The van der Waals surface area contributed by atoms with Crippen LogP contribution in [0.25, 0.3) is 0 Å². The molecule has 0 spiro atoms. The van der Waals surface area contributed by atoms with Gasteiger partial charge >= 0.3 is 11.9 Å². The number of rotatable bonds is 19. The highest BCUT2D eigenvalue weighted by atomic mass is 16.5. The van der Waals surface area contributed by atoms with E-state index < -0.39 is 11.9 Å². The van der Waals surface area contributed by atoms with Crippen molar-refractivity contribution < 1.29 is 29.3 Å². The molecule has 0 heterocycles. The molecule has 0 aliphatic rings. The highest BCUT2D eigenvalue weighted by Gasteiger charge is 2.08. The van der Waals surface area contributed by atoms with Crippen molar-refractivity contribution in [2.24, 2.45) is 0 Å². The molecule has 0 atom stereocenters. The Morgan fingerprint density at radius 3 is 1.14 bits per heavy atom. The van der Waals surface area contributed by atoms with Gasteiger partial charge in [0.15, 0.2) is 0 Å². The third kappa shape index (κ3) is 11.1. The summed E-state index contributed by atoms with van der Waals surface area (Å²) >= 11 is 0. The number of carboxylic acids is 2. The molecule has 0 fully saturated rings. The van der Waals surface area contributed by atoms with Crippen LogP contribution in [0.15, 0.2) is 36.4 Å². The first-order valence-corrected chi connectivity index (χ1v) is 13.3. The maximum atomic E-state index is 11.1. The van der Waals surface area contributed by atoms with Crippen LogP contribution in [0.3, 0.4) is 0 Å². The number of ether oxygens (including phenoxy) is 2. The Bertz CT molecular complexity index is 875. The second-order valence-electron chi connectivity index (χ2n) is 9.50. The molecular formula is C30H42O6. The summed E-state index contributed by atoms with van der Waals surface area (Å²) in [5.74, 6) is -0.320. The highest BCUT2D eigenvalue weighted by Crippen LogP contribution is 2.19. The van der Waals surface area contributed by atoms with Crippen LogP contribution in [0, 0.1) is 13.8 Å². The van der Waals surface area contributed by atoms with E-state index in [-0.39, 0.29) is 0 Å². The number of hydrogen-bond acceptors (Lipinski definition) is 4. The second-order valence-corrected chi connectivity index (χ2v) is 9.50. The van der Waals surface area contributed by atoms with Crippen LogP contribution in [0.4, 0.5) is 0 Å². The summed E-state index contributed by atoms with van der Waals surface area (Å²) in [6.07, 6.45) is 14.6. The van der Waals surface area contributed by atoms with Gasteiger partial charge in [-0.2, -0.15) is 0 Å². The van der Waals surface area contributed by atoms with Crippen molar-refractivity contribution in [3.8, 4) is 11.5 Å². The minimum absolute atomic E-state index is 0.325. The lowest BCUT2D eigenvalue weighted by molar-refractivity contribution is 0.0685. The molecule has 2 rings (SSSR count). The van der Waals surface area contributed by atoms with E-state index in [1.807, 2.05) is 0 Å². The van der Waals surface area contributed by atoms with Gasteiger partial charge in [0.2, 0.25) is 0 Å². The molecule has 0 saturated heterocycles. The molecule has 0 aliphatic carbocycles. The summed E-state index contributed by atoms with van der Waals surface area (Å²) in [5.41, 5.74) is 2.11. The van der Waals surface area contributed by atoms with Crippen molar-refractivity contribution in [1.82, 2.24) is 0 Å². The number of unbranched alkanes of at least 4 members (excludes halogenated alkanes) is 11. The van der Waals surface area contributed by atoms with E-state index in [0.29, 0.717) is 24.3 Å². The van der Waals surface area contributed by atoms with Gasteiger partial charge in [0, 0.05) is 0 Å². The molecule has 0 saturated carbocycles. The SMILES string of the molecule is Cc1cc(OCCCCCCCCCCCCCCOc2ccc(C(=O)O)c(C)c2)ccc1C(=O)O. The molecular weight excluding hydrogens is 456 g/mol. The Hall–Kier alpha value is -3.02. The molecule has 2 N–H and O–H groups in total. The largest absolute Gasteiger partial charge is 0.494 e. The molecule has 0 radical (unpaired) electrons. The molecule has 2 aromatic rings. The number of carboxylic acid groups (broad SMARTS) is 2. The fourth-order valence-electron chi connectivity index (χ4n) is 4.28. The Morgan fingerprint density at radius 2 is 0.861 bits per heavy atom. The van der Waals surface area contributed by atoms with Gasteiger partial charge in [0.25, 0.3) is 0 Å². The average molecular weight is 499 g/mol. The Balaban J connectivity index is 1.36. The van der Waals surface area contributed by atoms with Gasteiger partial charge in [-0.3, -0.25) is 0 Å². The standard InChI is InChI=1S/C30H42O6/c1-23-21-25(15-17-27(23)29(31)32)35-19-13-11-9-7-5-3-4-6-8-10-12-14-20-36-26-16-18-28(30(33)34)24(2)22-26/h15-18,21-22H,3-14,19-20H2,1-2H3,(H,31,32)(H,33,34). The van der Waals surface area contributed by atoms with Crippen molar-refractivity contribution in [2.75, 3.05) is 13.2 Å². The first kappa shape index (κ1) is 29.2. The van der Waals surface area contributed by atoms with Crippen LogP contribution >= 0.6 is 0 Å². The monoisotopic (exact) mass is 498 g/mol. The van der Waals surface area contributed by atoms with Crippen molar-refractivity contribution in [3.63, 3.8) is 0 Å². The summed E-state index contributed by atoms with van der Waals surface area (Å²) in [7, 11) is 0. The van der Waals surface area contributed by atoms with Gasteiger partial charge in [-0.25, -0.2) is 9.59 Å². The van der Waals surface area contributed by atoms with E-state index in [4.69, 9.17) is 19.7 Å². The van der Waals surface area contributed by atoms with Crippen LogP contribution in [0.2, 0.25) is 0 Å². The summed E-state index contributed by atoms with van der Waals surface area (Å²) in [6.45, 7) is 4.93. The molecule has 6 nitrogen and oxygen atoms in total. The van der Waals surface area contributed by atoms with Crippen molar-refractivity contribution in [3.05, 3.63) is 58.7 Å². The Labute approximate surface area is 215 Å². The van der Waals surface area contributed by atoms with Crippen LogP contribution in [0.1, 0.15) is 109 Å². The molecule has 0 bridgehead atoms. The van der Waals surface area contributed by atoms with E-state index >= 15 is 0 Å². The van der Waals surface area contributed by atoms with E-state index in [2.05, 4.69) is 0 Å². The van der Waals surface area contributed by atoms with Crippen molar-refractivity contribution in [1.29, 1.82) is 0 Å². The zero-order valence-electron chi connectivity index (χ0n) is 21.9. The quantitative estimate of drug-likeness (QED) is 0.192. The maximum Gasteiger partial charge on any atom is 0.335 e. The maximum absolute atomic E-state index is 11.1. The molecule has 6 heteroatoms. The number of aromatic carboxylic acids is 2. The summed E-state index contributed by atoms with van der Waals surface area (Å²) in [6, 6.07) is 10.3. The van der Waals surface area contributed by atoms with E-state index in [9.17, 15) is 9.59 Å². The zero-order chi connectivity index (χ0) is 26.2. The van der Waals surface area contributed by atoms with Crippen LogP contribution in [-0.2, 0) is 0 Å². The first-order valence-electron chi connectivity index (χ1n) is 13.3. The van der Waals surface area contributed by atoms with E-state index in [1.54, 1.807) is 50.2 Å². The van der Waals surface area contributed by atoms with Crippen LogP contribution in [0.5, 0.6) is 11.5 Å². The van der Waals surface area contributed by atoms with Gasteiger partial charge < -0.3 is 19.7 Å². The second kappa shape index (κ2) is 16.6. The van der Waals surface area contributed by atoms with Gasteiger partial charge in [-0.05, 0) is 74.2 Å². The smallest absolute Gasteiger partial charge is 0.335 e. The minimum atomic E-state index is -0.903. The van der Waals surface area contributed by atoms with Crippen LogP contribution < -0.4 is 9.47 Å². The molecule has 0 amide bonds. The summed E-state index contributed by atoms with van der Waals surface area (Å²) < 4.78 is 11.5. The fraction of sp³-hybridized carbons (Fsp3) is 0.533. The number of carbonyl (C=O) groups is 2. The summed E-state index contributed by atoms with van der Waals surface area (Å²) in [4.78, 5) is 22.1. The molecule has 0 aromatic heterocycles. The normalized spacial score (nSPS) is 10.8. The molecule has 2 aromatic carbocycles. The molecule has 36 heavy (non-hydrogen) atoms. The predicted molar refractivity (Wildman–Crippen MR) is 143 cm³/mol. The predicted octanol–water partition coefficient (Wildman–Crippen LogP) is 7.84. The van der Waals surface area contributed by atoms with Gasteiger partial charge in [-0.1, -0.05) is 64.2 Å². The molecule has 0 aliphatic heterocycles. The van der Waals surface area contributed by atoms with Gasteiger partial charge in [0.05, 0.1) is 24.3 Å². The first-order chi connectivity index (χ1) is 17.4. The highest BCUT2D eigenvalue weighted by molar-refractivity contribution is 5.90. The number of aryl methyl sites for hydroxylation is 2. The van der Waals surface area contributed by atoms with Gasteiger partial charge in [-0.15, -0.1) is 0 Å². The molecule has 0 unspecified atom stereocenters. The Kier molecular flexibility index (Phi) is 13.5. The van der Waals surface area contributed by atoms with Gasteiger partial charge in [0.1, 0.15) is 11.5 Å². The number of hydrogen-bond donors (Lipinski definition) is 2. The average Bonchev–Trinajstić information content (AvgIpc) is 2.83. The fourth-order valence-corrected chi connectivity index (χ4v) is 4.28. The van der Waals surface area contributed by atoms with E-state index in [0.717, 1.165) is 48.3 Å². The minimum Gasteiger partial charge on any atom is -0.494 e. The third-order valence-corrected chi connectivity index (χ3v) is 6.43. The van der Waals surface area contributed by atoms with Crippen molar-refractivity contribution in [2.45, 2.75) is 90.9 Å². The lowest BCUT2D eigenvalue weighted by atomic mass is 10.1. The lowest BCUT2D eigenvalue weighted by Gasteiger charge is -2.09. The topological polar surface area (TPSA) is 93.1 Å². The van der Waals surface area contributed by atoms with E-state index in [1.165, 1.54) is 51.4 Å². The lowest BCUT2D eigenvalue weighted by Crippen LogP contribution is -2.02. The van der Waals surface area contributed by atoms with Crippen molar-refractivity contribution >= 4 is 11.9 Å². The third-order valence-electron chi connectivity index (χ3n) is 6.43. The number of benzene rings is 2. The molecule has 198 valence electrons. The van der Waals surface area contributed by atoms with Crippen LogP contribution in [-0.4, -0.2) is 35.4 Å². The zero-order valence-corrected chi connectivity index (χ0v) is 21.9. The Morgan fingerprint density at radius 1 is 0.556 bits per heavy atom. The summed E-state index contributed by atoms with van der Waals surface area (Å²) in [5, 5.41) is 18.1.